The minimum absolute atomic E-state index is 0.163. The molecule has 0 saturated carbocycles. The second-order valence-electron chi connectivity index (χ2n) is 9.56. The van der Waals surface area contributed by atoms with E-state index in [-0.39, 0.29) is 11.5 Å². The minimum Gasteiger partial charge on any atom is -0.383 e. The summed E-state index contributed by atoms with van der Waals surface area (Å²) in [6, 6.07) is 27.0. The van der Waals surface area contributed by atoms with Gasteiger partial charge in [0.15, 0.2) is 0 Å². The first-order valence-corrected chi connectivity index (χ1v) is 17.7. The van der Waals surface area contributed by atoms with Gasteiger partial charge in [0.2, 0.25) is 0 Å². The molecule has 45 heavy (non-hydrogen) atoms. The number of benzene rings is 4. The lowest BCUT2D eigenvalue weighted by Crippen LogP contribution is -2.20. The molecule has 1 N–H and O–H groups in total. The average molecular weight is 688 g/mol. The van der Waals surface area contributed by atoms with E-state index in [1.54, 1.807) is 72.8 Å². The van der Waals surface area contributed by atoms with Gasteiger partial charge < -0.3 is 8.37 Å². The van der Waals surface area contributed by atoms with Crippen LogP contribution in [0.15, 0.2) is 112 Å². The Bertz CT molecular complexity index is 1940. The van der Waals surface area contributed by atoms with E-state index >= 15 is 0 Å². The minimum atomic E-state index is -3.68. The third kappa shape index (κ3) is 10.4. The van der Waals surface area contributed by atoms with Crippen molar-refractivity contribution in [3.8, 4) is 11.5 Å². The van der Waals surface area contributed by atoms with Crippen molar-refractivity contribution in [2.24, 2.45) is 15.3 Å². The molecule has 0 aromatic heterocycles. The van der Waals surface area contributed by atoms with Crippen molar-refractivity contribution < 1.29 is 25.2 Å². The zero-order valence-corrected chi connectivity index (χ0v) is 27.5. The van der Waals surface area contributed by atoms with Gasteiger partial charge in [-0.1, -0.05) is 54.4 Å². The lowest BCUT2D eigenvalue weighted by Gasteiger charge is -2.11. The highest BCUT2D eigenvalue weighted by Crippen LogP contribution is 2.21. The molecule has 0 aliphatic heterocycles. The van der Waals surface area contributed by atoms with Crippen LogP contribution in [-0.4, -0.2) is 46.6 Å². The smallest absolute Gasteiger partial charge is 0.306 e. The highest BCUT2D eigenvalue weighted by Gasteiger charge is 2.12. The molecule has 4 rings (SSSR count). The van der Waals surface area contributed by atoms with Gasteiger partial charge >= 0.3 is 20.2 Å². The maximum absolute atomic E-state index is 11.5. The van der Waals surface area contributed by atoms with E-state index in [9.17, 15) is 16.8 Å². The molecule has 0 saturated heterocycles. The monoisotopic (exact) mass is 686 g/mol. The summed E-state index contributed by atoms with van der Waals surface area (Å²) >= 11 is 12.2. The molecule has 0 fully saturated rings. The van der Waals surface area contributed by atoms with Crippen molar-refractivity contribution in [1.82, 2.24) is 5.43 Å². The second-order valence-corrected chi connectivity index (χ2v) is 13.6. The average Bonchev–Trinajstić information content (AvgIpc) is 2.98. The van der Waals surface area contributed by atoms with Crippen molar-refractivity contribution in [1.29, 1.82) is 0 Å². The number of nitrogens with zero attached hydrogens (tertiary/aromatic N) is 3. The number of hydrogen-bond acceptors (Lipinski definition) is 9. The first-order chi connectivity index (χ1) is 21.3. The van der Waals surface area contributed by atoms with Gasteiger partial charge in [0.1, 0.15) is 23.0 Å². The topological polar surface area (TPSA) is 136 Å². The van der Waals surface area contributed by atoms with Crippen LogP contribution in [0.25, 0.3) is 0 Å². The van der Waals surface area contributed by atoms with E-state index in [1.807, 2.05) is 6.92 Å². The molecule has 234 valence electrons. The number of halogens is 2. The third-order valence-corrected chi connectivity index (χ3v) is 7.38. The van der Waals surface area contributed by atoms with Crippen LogP contribution < -0.4 is 13.8 Å². The largest absolute Gasteiger partial charge is 0.383 e. The van der Waals surface area contributed by atoms with Crippen molar-refractivity contribution in [3.63, 3.8) is 0 Å². The second kappa shape index (κ2) is 14.7. The molecule has 0 spiro atoms. The van der Waals surface area contributed by atoms with Crippen LogP contribution in [0.2, 0.25) is 10.0 Å². The zero-order valence-electron chi connectivity index (χ0n) is 24.3. The summed E-state index contributed by atoms with van der Waals surface area (Å²) in [4.78, 5) is 0. The summed E-state index contributed by atoms with van der Waals surface area (Å²) < 4.78 is 56.0. The third-order valence-electron chi connectivity index (χ3n) is 5.89. The molecule has 0 aliphatic carbocycles. The fraction of sp³-hybridized carbons (Fsp3) is 0.129. The molecule has 14 heteroatoms. The van der Waals surface area contributed by atoms with E-state index in [2.05, 4.69) is 20.7 Å². The Hall–Kier alpha value is -4.23. The van der Waals surface area contributed by atoms with Crippen molar-refractivity contribution in [2.45, 2.75) is 13.3 Å². The molecule has 0 amide bonds. The number of hydrazone groups is 1. The van der Waals surface area contributed by atoms with Gasteiger partial charge in [-0.2, -0.15) is 21.9 Å². The summed E-state index contributed by atoms with van der Waals surface area (Å²) in [7, 11) is -7.36. The Morgan fingerprint density at radius 3 is 1.31 bits per heavy atom. The highest BCUT2D eigenvalue weighted by atomic mass is 35.5. The van der Waals surface area contributed by atoms with Crippen LogP contribution in [0, 0.1) is 0 Å². The Kier molecular flexibility index (Phi) is 11.0. The maximum Gasteiger partial charge on any atom is 0.306 e. The summed E-state index contributed by atoms with van der Waals surface area (Å²) in [5.41, 5.74) is 6.80. The zero-order chi connectivity index (χ0) is 32.6. The Labute approximate surface area is 272 Å². The first kappa shape index (κ1) is 33.7. The van der Waals surface area contributed by atoms with Gasteiger partial charge in [0, 0.05) is 38.7 Å². The van der Waals surface area contributed by atoms with Crippen LogP contribution in [0.5, 0.6) is 11.5 Å². The number of rotatable bonds is 11. The molecular formula is C31H28Cl2N4O6S2. The summed E-state index contributed by atoms with van der Waals surface area (Å²) in [5.74, 6) is 0.763. The van der Waals surface area contributed by atoms with Gasteiger partial charge in [0.25, 0.3) is 0 Å². The number of nitrogens with one attached hydrogen (secondary N) is 1. The van der Waals surface area contributed by atoms with E-state index in [0.717, 1.165) is 23.6 Å². The normalized spacial score (nSPS) is 13.0. The highest BCUT2D eigenvalue weighted by molar-refractivity contribution is 7.86. The van der Waals surface area contributed by atoms with E-state index < -0.39 is 20.2 Å². The van der Waals surface area contributed by atoms with Gasteiger partial charge in [0.05, 0.1) is 18.2 Å². The fourth-order valence-electron chi connectivity index (χ4n) is 3.88. The summed E-state index contributed by atoms with van der Waals surface area (Å²) in [6.45, 7) is 1.88. The van der Waals surface area contributed by atoms with Gasteiger partial charge in [-0.3, -0.25) is 5.43 Å². The summed E-state index contributed by atoms with van der Waals surface area (Å²) in [5, 5.41) is 14.7. The molecule has 0 heterocycles. The predicted octanol–water partition coefficient (Wildman–Crippen LogP) is 6.27. The standard InChI is InChI=1S/C31H28Cl2N4O6S2/c1-4-29(34-36-30(21-5-13-25(32)14-6-21)23-9-17-27(18-10-23)42-44(2,38)39)35-37-31(22-7-15-26(33)16-8-22)24-11-19-28(20-12-24)43-45(3,40)41/h5-20H,4H2,1-3H3,(H,34,35)/b36-30-,37-31-. The lowest BCUT2D eigenvalue weighted by molar-refractivity contribution is 0.491. The first-order valence-electron chi connectivity index (χ1n) is 13.3. The number of amidine groups is 1. The molecule has 0 atom stereocenters. The van der Waals surface area contributed by atoms with E-state index in [4.69, 9.17) is 31.6 Å². The quantitative estimate of drug-likeness (QED) is 0.0850. The molecular weight excluding hydrogens is 659 g/mol. The maximum atomic E-state index is 11.5. The van der Waals surface area contributed by atoms with Gasteiger partial charge in [-0.05, 0) is 72.8 Å². The van der Waals surface area contributed by atoms with Crippen molar-refractivity contribution in [3.05, 3.63) is 129 Å². The SMILES string of the molecule is CC/C(=N\N=C(\c1ccc(Cl)cc1)c1ccc(OS(C)(=O)=O)cc1)N/N=C(/c1ccc(Cl)cc1)c1ccc(OS(C)(=O)=O)cc1. The lowest BCUT2D eigenvalue weighted by atomic mass is 10.0. The Morgan fingerprint density at radius 1 is 0.600 bits per heavy atom. The molecule has 4 aromatic rings. The Balaban J connectivity index is 1.71. The molecule has 10 nitrogen and oxygen atoms in total. The molecule has 4 aromatic carbocycles. The van der Waals surface area contributed by atoms with Crippen LogP contribution in [0.1, 0.15) is 35.6 Å². The van der Waals surface area contributed by atoms with E-state index in [1.165, 1.54) is 24.3 Å². The van der Waals surface area contributed by atoms with Crippen LogP contribution in [0.3, 0.4) is 0 Å². The van der Waals surface area contributed by atoms with Crippen molar-refractivity contribution >= 4 is 60.7 Å². The number of hydrogen-bond donors (Lipinski definition) is 1. The van der Waals surface area contributed by atoms with Gasteiger partial charge in [-0.25, -0.2) is 0 Å². The molecule has 0 bridgehead atoms. The van der Waals surface area contributed by atoms with Crippen molar-refractivity contribution in [2.75, 3.05) is 12.5 Å². The molecule has 0 radical (unpaired) electrons. The predicted molar refractivity (Wildman–Crippen MR) is 179 cm³/mol. The summed E-state index contributed by atoms with van der Waals surface area (Å²) in [6.07, 6.45) is 2.39. The van der Waals surface area contributed by atoms with E-state index in [0.29, 0.717) is 44.9 Å². The van der Waals surface area contributed by atoms with Gasteiger partial charge in [-0.15, -0.1) is 10.2 Å². The fourth-order valence-corrected chi connectivity index (χ4v) is 5.06. The van der Waals surface area contributed by atoms with Crippen LogP contribution in [-0.2, 0) is 20.2 Å². The molecule has 0 unspecified atom stereocenters. The van der Waals surface area contributed by atoms with Crippen LogP contribution in [0.4, 0.5) is 0 Å². The Morgan fingerprint density at radius 2 is 0.956 bits per heavy atom. The van der Waals surface area contributed by atoms with Crippen LogP contribution >= 0.6 is 23.2 Å². The molecule has 0 aliphatic rings.